The molecule has 2 aromatic carbocycles. The molecular formula is C20H16N6O. The molecule has 4 rings (SSSR count). The number of carbonyl (C=O) groups is 1. The molecule has 2 aromatic heterocycles. The van der Waals surface area contributed by atoms with Gasteiger partial charge in [0, 0.05) is 23.7 Å². The number of carbonyl (C=O) groups excluding carboxylic acids is 1. The highest BCUT2D eigenvalue weighted by molar-refractivity contribution is 6.05. The molecule has 1 amide bonds. The van der Waals surface area contributed by atoms with E-state index in [0.717, 1.165) is 22.2 Å². The number of rotatable bonds is 3. The van der Waals surface area contributed by atoms with Crippen LogP contribution in [0, 0.1) is 18.3 Å². The Morgan fingerprint density at radius 3 is 2.70 bits per heavy atom. The first-order valence-electron chi connectivity index (χ1n) is 8.37. The molecule has 132 valence electrons. The Labute approximate surface area is 155 Å². The van der Waals surface area contributed by atoms with Gasteiger partial charge in [0.25, 0.3) is 5.91 Å². The van der Waals surface area contributed by atoms with Crippen LogP contribution in [-0.4, -0.2) is 25.7 Å². The normalized spacial score (nSPS) is 10.7. The summed E-state index contributed by atoms with van der Waals surface area (Å²) >= 11 is 0. The van der Waals surface area contributed by atoms with Crippen molar-refractivity contribution < 1.29 is 4.79 Å². The number of aryl methyl sites for hydroxylation is 1. The Morgan fingerprint density at radius 2 is 2.00 bits per heavy atom. The Morgan fingerprint density at radius 1 is 1.22 bits per heavy atom. The number of nitrogens with zero attached hydrogens (tertiary/aromatic N) is 4. The zero-order valence-electron chi connectivity index (χ0n) is 14.8. The van der Waals surface area contributed by atoms with Crippen LogP contribution in [0.5, 0.6) is 0 Å². The molecule has 0 aliphatic heterocycles. The standard InChI is InChI=1S/C20H16N6O/c1-12-19(26(2)17(11-21)22-12)20(27)23-14-8-9-16-15(10-14)18(25-24-16)13-6-4-3-5-7-13/h3-10H,1-2H3,(H,23,27)(H,24,25). The highest BCUT2D eigenvalue weighted by Gasteiger charge is 2.19. The van der Waals surface area contributed by atoms with Crippen LogP contribution in [0.25, 0.3) is 22.2 Å². The molecular weight excluding hydrogens is 340 g/mol. The number of hydrogen-bond donors (Lipinski definition) is 2. The van der Waals surface area contributed by atoms with Crippen molar-refractivity contribution in [3.63, 3.8) is 0 Å². The number of hydrogen-bond acceptors (Lipinski definition) is 4. The van der Waals surface area contributed by atoms with Crippen LogP contribution >= 0.6 is 0 Å². The van der Waals surface area contributed by atoms with E-state index in [0.29, 0.717) is 17.1 Å². The minimum absolute atomic E-state index is 0.203. The van der Waals surface area contributed by atoms with Crippen molar-refractivity contribution >= 4 is 22.5 Å². The summed E-state index contributed by atoms with van der Waals surface area (Å²) in [5.74, 6) is -0.109. The summed E-state index contributed by atoms with van der Waals surface area (Å²) in [6, 6.07) is 17.4. The SMILES string of the molecule is Cc1nc(C#N)n(C)c1C(=O)Nc1ccc2[nH]nc(-c3ccccc3)c2c1. The molecule has 0 atom stereocenters. The van der Waals surface area contributed by atoms with Gasteiger partial charge in [0.15, 0.2) is 0 Å². The van der Waals surface area contributed by atoms with Crippen LogP contribution in [0.15, 0.2) is 48.5 Å². The molecule has 0 bridgehead atoms. The lowest BCUT2D eigenvalue weighted by Gasteiger charge is -2.07. The third-order valence-electron chi connectivity index (χ3n) is 4.45. The summed E-state index contributed by atoms with van der Waals surface area (Å²) in [5, 5.41) is 20.3. The van der Waals surface area contributed by atoms with E-state index >= 15 is 0 Å². The molecule has 27 heavy (non-hydrogen) atoms. The van der Waals surface area contributed by atoms with E-state index in [1.807, 2.05) is 54.6 Å². The summed E-state index contributed by atoms with van der Waals surface area (Å²) in [4.78, 5) is 16.8. The van der Waals surface area contributed by atoms with Gasteiger partial charge in [0.05, 0.1) is 16.9 Å². The van der Waals surface area contributed by atoms with Gasteiger partial charge >= 0.3 is 0 Å². The monoisotopic (exact) mass is 356 g/mol. The van der Waals surface area contributed by atoms with Gasteiger partial charge in [-0.05, 0) is 25.1 Å². The van der Waals surface area contributed by atoms with E-state index in [9.17, 15) is 4.79 Å². The number of fused-ring (bicyclic) bond motifs is 1. The minimum atomic E-state index is -0.312. The Hall–Kier alpha value is -3.92. The molecule has 0 spiro atoms. The van der Waals surface area contributed by atoms with Gasteiger partial charge < -0.3 is 9.88 Å². The van der Waals surface area contributed by atoms with Crippen LogP contribution in [0.3, 0.4) is 0 Å². The van der Waals surface area contributed by atoms with Crippen molar-refractivity contribution in [3.05, 3.63) is 65.7 Å². The topological polar surface area (TPSA) is 99.4 Å². The van der Waals surface area contributed by atoms with Crippen LogP contribution < -0.4 is 5.32 Å². The summed E-state index contributed by atoms with van der Waals surface area (Å²) in [6.45, 7) is 1.71. The van der Waals surface area contributed by atoms with E-state index in [1.54, 1.807) is 14.0 Å². The van der Waals surface area contributed by atoms with E-state index in [2.05, 4.69) is 20.5 Å². The molecule has 0 aliphatic carbocycles. The first-order chi connectivity index (χ1) is 13.1. The first kappa shape index (κ1) is 16.5. The van der Waals surface area contributed by atoms with E-state index < -0.39 is 0 Å². The Bertz CT molecular complexity index is 1200. The summed E-state index contributed by atoms with van der Waals surface area (Å²) < 4.78 is 1.50. The fourth-order valence-electron chi connectivity index (χ4n) is 3.15. The van der Waals surface area contributed by atoms with Gasteiger partial charge in [-0.1, -0.05) is 30.3 Å². The minimum Gasteiger partial charge on any atom is -0.321 e. The molecule has 0 saturated carbocycles. The number of aromatic amines is 1. The zero-order valence-corrected chi connectivity index (χ0v) is 14.8. The van der Waals surface area contributed by atoms with Crippen LogP contribution in [0.2, 0.25) is 0 Å². The largest absolute Gasteiger partial charge is 0.321 e. The van der Waals surface area contributed by atoms with Crippen molar-refractivity contribution in [3.8, 4) is 17.3 Å². The highest BCUT2D eigenvalue weighted by Crippen LogP contribution is 2.28. The number of benzene rings is 2. The van der Waals surface area contributed by atoms with Gasteiger partial charge in [-0.25, -0.2) is 4.98 Å². The number of imidazole rings is 1. The molecule has 2 heterocycles. The molecule has 7 nitrogen and oxygen atoms in total. The van der Waals surface area contributed by atoms with Gasteiger partial charge in [-0.3, -0.25) is 9.89 Å². The van der Waals surface area contributed by atoms with Crippen LogP contribution in [0.1, 0.15) is 22.0 Å². The van der Waals surface area contributed by atoms with Crippen molar-refractivity contribution in [2.45, 2.75) is 6.92 Å². The quantitative estimate of drug-likeness (QED) is 0.587. The first-order valence-corrected chi connectivity index (χ1v) is 8.37. The van der Waals surface area contributed by atoms with Crippen molar-refractivity contribution in [2.75, 3.05) is 5.32 Å². The van der Waals surface area contributed by atoms with Crippen LogP contribution in [0.4, 0.5) is 5.69 Å². The molecule has 0 saturated heterocycles. The third kappa shape index (κ3) is 2.83. The van der Waals surface area contributed by atoms with Crippen molar-refractivity contribution in [2.24, 2.45) is 7.05 Å². The smallest absolute Gasteiger partial charge is 0.274 e. The lowest BCUT2D eigenvalue weighted by atomic mass is 10.1. The van der Waals surface area contributed by atoms with Gasteiger partial charge in [0.2, 0.25) is 5.82 Å². The molecule has 7 heteroatoms. The third-order valence-corrected chi connectivity index (χ3v) is 4.45. The van der Waals surface area contributed by atoms with E-state index in [-0.39, 0.29) is 11.7 Å². The molecule has 0 aliphatic rings. The predicted molar refractivity (Wildman–Crippen MR) is 102 cm³/mol. The maximum Gasteiger partial charge on any atom is 0.274 e. The average molecular weight is 356 g/mol. The molecule has 0 unspecified atom stereocenters. The second-order valence-electron chi connectivity index (χ2n) is 6.19. The highest BCUT2D eigenvalue weighted by atomic mass is 16.2. The maximum atomic E-state index is 12.7. The van der Waals surface area contributed by atoms with Crippen LogP contribution in [-0.2, 0) is 7.05 Å². The number of amides is 1. The number of H-pyrrole nitrogens is 1. The Kier molecular flexibility index (Phi) is 3.94. The summed E-state index contributed by atoms with van der Waals surface area (Å²) in [5.41, 5.74) is 4.22. The van der Waals surface area contributed by atoms with Gasteiger partial charge in [-0.2, -0.15) is 10.4 Å². The van der Waals surface area contributed by atoms with Crippen molar-refractivity contribution in [1.29, 1.82) is 5.26 Å². The number of nitriles is 1. The molecule has 0 fully saturated rings. The Balaban J connectivity index is 1.70. The number of nitrogens with one attached hydrogen (secondary N) is 2. The number of aromatic nitrogens is 4. The molecule has 2 N–H and O–H groups in total. The zero-order chi connectivity index (χ0) is 19.0. The lowest BCUT2D eigenvalue weighted by molar-refractivity contribution is 0.101. The fourth-order valence-corrected chi connectivity index (χ4v) is 3.15. The van der Waals surface area contributed by atoms with E-state index in [4.69, 9.17) is 5.26 Å². The fraction of sp³-hybridized carbons (Fsp3) is 0.100. The second-order valence-corrected chi connectivity index (χ2v) is 6.19. The number of anilines is 1. The summed E-state index contributed by atoms with van der Waals surface area (Å²) in [7, 11) is 1.65. The molecule has 0 radical (unpaired) electrons. The average Bonchev–Trinajstić information content (AvgIpc) is 3.22. The second kappa shape index (κ2) is 6.42. The molecule has 4 aromatic rings. The van der Waals surface area contributed by atoms with E-state index in [1.165, 1.54) is 4.57 Å². The maximum absolute atomic E-state index is 12.7. The van der Waals surface area contributed by atoms with Gasteiger partial charge in [-0.15, -0.1) is 0 Å². The van der Waals surface area contributed by atoms with Gasteiger partial charge in [0.1, 0.15) is 11.8 Å². The van der Waals surface area contributed by atoms with Crippen molar-refractivity contribution in [1.82, 2.24) is 19.7 Å². The summed E-state index contributed by atoms with van der Waals surface area (Å²) in [6.07, 6.45) is 0. The predicted octanol–water partition coefficient (Wildman–Crippen LogP) is 3.40. The lowest BCUT2D eigenvalue weighted by Crippen LogP contribution is -2.17.